The van der Waals surface area contributed by atoms with Crippen LogP contribution in [0, 0.1) is 0 Å². The third-order valence-corrected chi connectivity index (χ3v) is 3.26. The van der Waals surface area contributed by atoms with E-state index in [1.165, 1.54) is 11.8 Å². The van der Waals surface area contributed by atoms with Crippen molar-refractivity contribution < 1.29 is 9.59 Å². The van der Waals surface area contributed by atoms with E-state index in [1.807, 2.05) is 0 Å². The SMILES string of the molecule is Nc1ccc2c(c1)N(C(=O)S)C(=O)CS2. The van der Waals surface area contributed by atoms with Crippen LogP contribution in [0.5, 0.6) is 0 Å². The lowest BCUT2D eigenvalue weighted by Gasteiger charge is -2.25. The summed E-state index contributed by atoms with van der Waals surface area (Å²) < 4.78 is 0. The summed E-state index contributed by atoms with van der Waals surface area (Å²) >= 11 is 5.07. The zero-order valence-electron chi connectivity index (χ0n) is 7.64. The molecule has 1 aromatic carbocycles. The largest absolute Gasteiger partial charge is 0.399 e. The summed E-state index contributed by atoms with van der Waals surface area (Å²) in [5.41, 5.74) is 6.65. The zero-order valence-corrected chi connectivity index (χ0v) is 9.35. The second kappa shape index (κ2) is 3.79. The Balaban J connectivity index is 2.55. The summed E-state index contributed by atoms with van der Waals surface area (Å²) in [5, 5.41) is -0.577. The van der Waals surface area contributed by atoms with Gasteiger partial charge < -0.3 is 5.73 Å². The molecule has 2 rings (SSSR count). The summed E-state index contributed by atoms with van der Waals surface area (Å²) in [6, 6.07) is 5.14. The standard InChI is InChI=1S/C9H8N2O2S2/c10-5-1-2-7-6(3-5)11(9(13)14)8(12)4-15-7/h1-3H,4,10H2,(H,13,14). The number of amides is 2. The summed E-state index contributed by atoms with van der Waals surface area (Å²) in [6.07, 6.45) is 0. The molecule has 0 fully saturated rings. The number of rotatable bonds is 0. The molecule has 0 unspecified atom stereocenters. The summed E-state index contributed by atoms with van der Waals surface area (Å²) in [4.78, 5) is 24.6. The number of nitrogens with two attached hydrogens (primary N) is 1. The maximum atomic E-state index is 11.5. The van der Waals surface area contributed by atoms with Gasteiger partial charge in [0.25, 0.3) is 5.24 Å². The molecule has 0 saturated carbocycles. The van der Waals surface area contributed by atoms with E-state index in [2.05, 4.69) is 12.6 Å². The van der Waals surface area contributed by atoms with E-state index in [1.54, 1.807) is 18.2 Å². The number of thiol groups is 1. The number of benzene rings is 1. The van der Waals surface area contributed by atoms with Crippen molar-refractivity contribution in [3.05, 3.63) is 18.2 Å². The van der Waals surface area contributed by atoms with Crippen molar-refractivity contribution in [3.8, 4) is 0 Å². The molecule has 1 aliphatic rings. The Labute approximate surface area is 96.2 Å². The monoisotopic (exact) mass is 240 g/mol. The predicted molar refractivity (Wildman–Crippen MR) is 63.4 cm³/mol. The fraction of sp³-hybridized carbons (Fsp3) is 0.111. The molecule has 0 radical (unpaired) electrons. The van der Waals surface area contributed by atoms with Gasteiger partial charge in [0.1, 0.15) is 0 Å². The van der Waals surface area contributed by atoms with E-state index in [0.29, 0.717) is 11.4 Å². The van der Waals surface area contributed by atoms with E-state index in [-0.39, 0.29) is 11.7 Å². The molecule has 0 bridgehead atoms. The highest BCUT2D eigenvalue weighted by atomic mass is 32.2. The quantitative estimate of drug-likeness (QED) is 0.536. The lowest BCUT2D eigenvalue weighted by atomic mass is 10.2. The Morgan fingerprint density at radius 2 is 2.27 bits per heavy atom. The van der Waals surface area contributed by atoms with Crippen LogP contribution in [0.15, 0.2) is 23.1 Å². The molecular formula is C9H8N2O2S2. The number of anilines is 2. The van der Waals surface area contributed by atoms with Crippen LogP contribution < -0.4 is 10.6 Å². The Hall–Kier alpha value is -1.14. The lowest BCUT2D eigenvalue weighted by Crippen LogP contribution is -2.37. The van der Waals surface area contributed by atoms with Crippen molar-refractivity contribution >= 4 is 46.9 Å². The van der Waals surface area contributed by atoms with Crippen LogP contribution in [0.4, 0.5) is 16.2 Å². The Morgan fingerprint density at radius 1 is 1.53 bits per heavy atom. The van der Waals surface area contributed by atoms with E-state index < -0.39 is 5.24 Å². The third kappa shape index (κ3) is 1.82. The number of hydrogen-bond donors (Lipinski definition) is 2. The first kappa shape index (κ1) is 10.4. The highest BCUT2D eigenvalue weighted by molar-refractivity contribution is 8.00. The van der Waals surface area contributed by atoms with Gasteiger partial charge in [-0.25, -0.2) is 4.90 Å². The van der Waals surface area contributed by atoms with E-state index in [0.717, 1.165) is 9.80 Å². The number of fused-ring (bicyclic) bond motifs is 1. The summed E-state index contributed by atoms with van der Waals surface area (Å²) in [5.74, 6) is -0.0125. The molecule has 0 saturated heterocycles. The zero-order chi connectivity index (χ0) is 11.0. The van der Waals surface area contributed by atoms with Gasteiger partial charge in [0, 0.05) is 10.6 Å². The van der Waals surface area contributed by atoms with Gasteiger partial charge in [0.2, 0.25) is 5.91 Å². The van der Waals surface area contributed by atoms with E-state index in [4.69, 9.17) is 5.73 Å². The van der Waals surface area contributed by atoms with Crippen LogP contribution in [-0.4, -0.2) is 16.9 Å². The summed E-state index contributed by atoms with van der Waals surface area (Å²) in [7, 11) is 0. The highest BCUT2D eigenvalue weighted by Crippen LogP contribution is 2.37. The van der Waals surface area contributed by atoms with Gasteiger partial charge in [-0.1, -0.05) is 12.6 Å². The van der Waals surface area contributed by atoms with Crippen LogP contribution in [0.1, 0.15) is 0 Å². The predicted octanol–water partition coefficient (Wildman–Crippen LogP) is 1.76. The van der Waals surface area contributed by atoms with Crippen LogP contribution in [0.25, 0.3) is 0 Å². The van der Waals surface area contributed by atoms with Gasteiger partial charge in [-0.15, -0.1) is 11.8 Å². The Bertz CT molecular complexity index is 448. The number of carbonyl (C=O) groups is 2. The van der Waals surface area contributed by atoms with E-state index in [9.17, 15) is 9.59 Å². The molecule has 4 nitrogen and oxygen atoms in total. The van der Waals surface area contributed by atoms with Crippen LogP contribution in [0.3, 0.4) is 0 Å². The van der Waals surface area contributed by atoms with Crippen LogP contribution in [-0.2, 0) is 4.79 Å². The maximum absolute atomic E-state index is 11.5. The van der Waals surface area contributed by atoms with Gasteiger partial charge in [-0.2, -0.15) is 0 Å². The van der Waals surface area contributed by atoms with Crippen molar-refractivity contribution in [1.29, 1.82) is 0 Å². The first-order valence-electron chi connectivity index (χ1n) is 4.18. The van der Waals surface area contributed by atoms with Gasteiger partial charge in [-0.3, -0.25) is 9.59 Å². The highest BCUT2D eigenvalue weighted by Gasteiger charge is 2.28. The molecule has 6 heteroatoms. The molecule has 78 valence electrons. The summed E-state index contributed by atoms with van der Waals surface area (Å²) in [6.45, 7) is 0. The number of imide groups is 1. The van der Waals surface area contributed by atoms with Gasteiger partial charge in [0.05, 0.1) is 11.4 Å². The van der Waals surface area contributed by atoms with Gasteiger partial charge >= 0.3 is 0 Å². The molecule has 0 atom stereocenters. The molecule has 15 heavy (non-hydrogen) atoms. The fourth-order valence-electron chi connectivity index (χ4n) is 1.38. The minimum Gasteiger partial charge on any atom is -0.399 e. The Kier molecular flexibility index (Phi) is 2.62. The lowest BCUT2D eigenvalue weighted by molar-refractivity contribution is -0.115. The first-order valence-corrected chi connectivity index (χ1v) is 5.61. The van der Waals surface area contributed by atoms with Gasteiger partial charge in [0.15, 0.2) is 0 Å². The van der Waals surface area contributed by atoms with Crippen LogP contribution >= 0.6 is 24.4 Å². The molecule has 0 spiro atoms. The van der Waals surface area contributed by atoms with Crippen molar-refractivity contribution in [2.24, 2.45) is 0 Å². The first-order chi connectivity index (χ1) is 7.09. The molecule has 2 N–H and O–H groups in total. The molecule has 1 aliphatic heterocycles. The third-order valence-electron chi connectivity index (χ3n) is 2.02. The number of thioether (sulfide) groups is 1. The maximum Gasteiger partial charge on any atom is 0.289 e. The molecule has 0 aromatic heterocycles. The average molecular weight is 240 g/mol. The molecule has 0 aliphatic carbocycles. The minimum atomic E-state index is -0.577. The number of nitrogens with zero attached hydrogens (tertiary/aromatic N) is 1. The topological polar surface area (TPSA) is 63.4 Å². The van der Waals surface area contributed by atoms with Crippen molar-refractivity contribution in [1.82, 2.24) is 0 Å². The molecule has 1 aromatic rings. The molecular weight excluding hydrogens is 232 g/mol. The van der Waals surface area contributed by atoms with Gasteiger partial charge in [-0.05, 0) is 18.2 Å². The normalized spacial score (nSPS) is 15.0. The van der Waals surface area contributed by atoms with Crippen molar-refractivity contribution in [2.75, 3.05) is 16.4 Å². The minimum absolute atomic E-state index is 0.253. The average Bonchev–Trinajstić information content (AvgIpc) is 2.16. The number of carbonyl (C=O) groups excluding carboxylic acids is 2. The molecule has 1 heterocycles. The second-order valence-electron chi connectivity index (χ2n) is 3.03. The van der Waals surface area contributed by atoms with Crippen LogP contribution in [0.2, 0.25) is 0 Å². The van der Waals surface area contributed by atoms with Crippen molar-refractivity contribution in [2.45, 2.75) is 4.90 Å². The second-order valence-corrected chi connectivity index (χ2v) is 4.43. The fourth-order valence-corrected chi connectivity index (χ4v) is 2.47. The number of hydrogen-bond acceptors (Lipinski definition) is 4. The van der Waals surface area contributed by atoms with Crippen molar-refractivity contribution in [3.63, 3.8) is 0 Å². The van der Waals surface area contributed by atoms with E-state index >= 15 is 0 Å². The number of nitrogen functional groups attached to an aromatic ring is 1. The molecule has 2 amide bonds. The Morgan fingerprint density at radius 3 is 2.93 bits per heavy atom. The smallest absolute Gasteiger partial charge is 0.289 e.